The second-order valence-corrected chi connectivity index (χ2v) is 9.18. The standard InChI is InChI=1S/C27H24N4O5S/c1-2-35-22-14-17(12-13-21(22)36-27(34)18-8-4-3-5-9-18)16-29-31-25(33)24(32)30-26-20(15-28)19-10-6-7-11-23(19)37-26/h3-5,8-9,12-14,16H,2,6-7,10-11H2,1H3,(H,30,32)(H,31,33)/b29-16-. The summed E-state index contributed by atoms with van der Waals surface area (Å²) in [4.78, 5) is 38.1. The summed E-state index contributed by atoms with van der Waals surface area (Å²) in [5, 5.41) is 16.3. The van der Waals surface area contributed by atoms with Crippen LogP contribution < -0.4 is 20.2 Å². The molecule has 0 spiro atoms. The largest absolute Gasteiger partial charge is 0.490 e. The molecule has 37 heavy (non-hydrogen) atoms. The quantitative estimate of drug-likeness (QED) is 0.159. The Balaban J connectivity index is 1.39. The number of thiophene rings is 1. The molecule has 2 aromatic carbocycles. The van der Waals surface area contributed by atoms with E-state index in [0.29, 0.717) is 34.0 Å². The zero-order valence-electron chi connectivity index (χ0n) is 20.1. The average molecular weight is 517 g/mol. The van der Waals surface area contributed by atoms with Crippen molar-refractivity contribution >= 4 is 40.3 Å². The SMILES string of the molecule is CCOc1cc(/C=N\NC(=O)C(=O)Nc2sc3c(c2C#N)CCCC3)ccc1OC(=O)c1ccccc1. The number of hydrogen-bond donors (Lipinski definition) is 2. The van der Waals surface area contributed by atoms with Crippen LogP contribution in [0.15, 0.2) is 53.6 Å². The maximum absolute atomic E-state index is 12.4. The number of nitrogens with zero attached hydrogens (tertiary/aromatic N) is 2. The summed E-state index contributed by atoms with van der Waals surface area (Å²) in [5.74, 6) is -1.84. The number of fused-ring (bicyclic) bond motifs is 1. The smallest absolute Gasteiger partial charge is 0.343 e. The molecule has 1 aromatic heterocycles. The number of ether oxygens (including phenoxy) is 2. The van der Waals surface area contributed by atoms with Crippen molar-refractivity contribution < 1.29 is 23.9 Å². The van der Waals surface area contributed by atoms with Gasteiger partial charge in [0, 0.05) is 4.88 Å². The second kappa shape index (κ2) is 12.0. The molecule has 4 rings (SSSR count). The van der Waals surface area contributed by atoms with Crippen LogP contribution >= 0.6 is 11.3 Å². The number of amides is 2. The van der Waals surface area contributed by atoms with Crippen LogP contribution in [0.1, 0.15) is 51.7 Å². The first-order valence-corrected chi connectivity index (χ1v) is 12.5. The van der Waals surface area contributed by atoms with Gasteiger partial charge in [-0.1, -0.05) is 18.2 Å². The maximum atomic E-state index is 12.4. The summed E-state index contributed by atoms with van der Waals surface area (Å²) in [5.41, 5.74) is 4.53. The van der Waals surface area contributed by atoms with Crippen molar-refractivity contribution in [3.8, 4) is 17.6 Å². The van der Waals surface area contributed by atoms with E-state index in [1.54, 1.807) is 55.5 Å². The summed E-state index contributed by atoms with van der Waals surface area (Å²) in [6.45, 7) is 2.13. The molecule has 0 fully saturated rings. The predicted octanol–water partition coefficient (Wildman–Crippen LogP) is 4.21. The number of esters is 1. The molecule has 1 aliphatic rings. The molecule has 1 heterocycles. The number of aryl methyl sites for hydroxylation is 1. The van der Waals surface area contributed by atoms with Crippen molar-refractivity contribution in [2.75, 3.05) is 11.9 Å². The molecule has 2 N–H and O–H groups in total. The molecule has 0 radical (unpaired) electrons. The van der Waals surface area contributed by atoms with E-state index in [9.17, 15) is 19.6 Å². The zero-order chi connectivity index (χ0) is 26.2. The highest BCUT2D eigenvalue weighted by Gasteiger charge is 2.23. The maximum Gasteiger partial charge on any atom is 0.343 e. The Morgan fingerprint density at radius 2 is 1.86 bits per heavy atom. The Morgan fingerprint density at radius 1 is 1.08 bits per heavy atom. The van der Waals surface area contributed by atoms with Gasteiger partial charge in [-0.15, -0.1) is 11.3 Å². The fourth-order valence-electron chi connectivity index (χ4n) is 3.84. The average Bonchev–Trinajstić information content (AvgIpc) is 3.27. The van der Waals surface area contributed by atoms with E-state index in [4.69, 9.17) is 9.47 Å². The third kappa shape index (κ3) is 6.20. The van der Waals surface area contributed by atoms with E-state index in [2.05, 4.69) is 21.9 Å². The molecule has 0 saturated carbocycles. The molecule has 188 valence electrons. The lowest BCUT2D eigenvalue weighted by molar-refractivity contribution is -0.136. The number of carbonyl (C=O) groups is 3. The molecule has 0 aliphatic heterocycles. The summed E-state index contributed by atoms with van der Waals surface area (Å²) in [7, 11) is 0. The van der Waals surface area contributed by atoms with Gasteiger partial charge in [0.2, 0.25) is 0 Å². The van der Waals surface area contributed by atoms with Gasteiger partial charge in [-0.2, -0.15) is 10.4 Å². The van der Waals surface area contributed by atoms with Gasteiger partial charge in [0.25, 0.3) is 0 Å². The van der Waals surface area contributed by atoms with Crippen LogP contribution in [0.3, 0.4) is 0 Å². The molecular formula is C27H24N4O5S. The Morgan fingerprint density at radius 3 is 2.62 bits per heavy atom. The van der Waals surface area contributed by atoms with Crippen LogP contribution in [-0.2, 0) is 22.4 Å². The van der Waals surface area contributed by atoms with Gasteiger partial charge >= 0.3 is 17.8 Å². The van der Waals surface area contributed by atoms with Gasteiger partial charge in [0.05, 0.1) is 23.9 Å². The van der Waals surface area contributed by atoms with E-state index in [1.807, 2.05) is 0 Å². The number of benzene rings is 2. The highest BCUT2D eigenvalue weighted by molar-refractivity contribution is 7.16. The van der Waals surface area contributed by atoms with Crippen LogP contribution in [0.5, 0.6) is 11.5 Å². The van der Waals surface area contributed by atoms with Crippen molar-refractivity contribution in [1.29, 1.82) is 5.26 Å². The van der Waals surface area contributed by atoms with E-state index >= 15 is 0 Å². The number of carbonyl (C=O) groups excluding carboxylic acids is 3. The minimum atomic E-state index is -0.968. The van der Waals surface area contributed by atoms with Gasteiger partial charge in [0.1, 0.15) is 11.1 Å². The lowest BCUT2D eigenvalue weighted by atomic mass is 9.96. The lowest BCUT2D eigenvalue weighted by Gasteiger charge is -2.11. The first kappa shape index (κ1) is 25.6. The molecule has 0 bridgehead atoms. The highest BCUT2D eigenvalue weighted by Crippen LogP contribution is 2.37. The Labute approximate surface area is 217 Å². The second-order valence-electron chi connectivity index (χ2n) is 8.07. The normalized spacial score (nSPS) is 12.3. The predicted molar refractivity (Wildman–Crippen MR) is 139 cm³/mol. The van der Waals surface area contributed by atoms with Crippen molar-refractivity contribution in [2.24, 2.45) is 5.10 Å². The van der Waals surface area contributed by atoms with Crippen molar-refractivity contribution in [3.05, 3.63) is 75.7 Å². The van der Waals surface area contributed by atoms with Gasteiger partial charge in [-0.05, 0) is 74.1 Å². The number of anilines is 1. The number of nitrogens with one attached hydrogen (secondary N) is 2. The molecule has 9 nitrogen and oxygen atoms in total. The van der Waals surface area contributed by atoms with Crippen LogP contribution in [0.4, 0.5) is 5.00 Å². The number of hydrogen-bond acceptors (Lipinski definition) is 8. The van der Waals surface area contributed by atoms with E-state index in [1.165, 1.54) is 17.6 Å². The summed E-state index contributed by atoms with van der Waals surface area (Å²) < 4.78 is 11.1. The molecule has 10 heteroatoms. The van der Waals surface area contributed by atoms with Crippen LogP contribution in [0.25, 0.3) is 0 Å². The molecule has 0 saturated heterocycles. The van der Waals surface area contributed by atoms with E-state index < -0.39 is 17.8 Å². The third-order valence-electron chi connectivity index (χ3n) is 5.58. The summed E-state index contributed by atoms with van der Waals surface area (Å²) in [6.07, 6.45) is 5.05. The van der Waals surface area contributed by atoms with Crippen LogP contribution in [0.2, 0.25) is 0 Å². The van der Waals surface area contributed by atoms with E-state index in [-0.39, 0.29) is 5.75 Å². The van der Waals surface area contributed by atoms with Crippen molar-refractivity contribution in [2.45, 2.75) is 32.6 Å². The fourth-order valence-corrected chi connectivity index (χ4v) is 5.07. The molecule has 2 amide bonds. The molecule has 0 atom stereocenters. The fraction of sp³-hybridized carbons (Fsp3) is 0.222. The number of hydrazone groups is 1. The first-order chi connectivity index (χ1) is 18.0. The number of nitriles is 1. The van der Waals surface area contributed by atoms with Crippen LogP contribution in [0, 0.1) is 11.3 Å². The minimum absolute atomic E-state index is 0.239. The van der Waals surface area contributed by atoms with E-state index in [0.717, 1.165) is 36.1 Å². The third-order valence-corrected chi connectivity index (χ3v) is 6.78. The molecular weight excluding hydrogens is 492 g/mol. The molecule has 1 aliphatic carbocycles. The summed E-state index contributed by atoms with van der Waals surface area (Å²) >= 11 is 1.34. The summed E-state index contributed by atoms with van der Waals surface area (Å²) in [6, 6.07) is 15.5. The van der Waals surface area contributed by atoms with Crippen molar-refractivity contribution in [1.82, 2.24) is 5.43 Å². The topological polar surface area (TPSA) is 130 Å². The van der Waals surface area contributed by atoms with Gasteiger partial charge in [-0.25, -0.2) is 10.2 Å². The van der Waals surface area contributed by atoms with Gasteiger partial charge in [0.15, 0.2) is 11.5 Å². The monoisotopic (exact) mass is 516 g/mol. The highest BCUT2D eigenvalue weighted by atomic mass is 32.1. The Hall–Kier alpha value is -4.49. The Kier molecular flexibility index (Phi) is 8.28. The molecule has 0 unspecified atom stereocenters. The lowest BCUT2D eigenvalue weighted by Crippen LogP contribution is -2.32. The minimum Gasteiger partial charge on any atom is -0.490 e. The Bertz CT molecular complexity index is 1390. The number of rotatable bonds is 7. The van der Waals surface area contributed by atoms with Gasteiger partial charge < -0.3 is 14.8 Å². The zero-order valence-corrected chi connectivity index (χ0v) is 20.9. The van der Waals surface area contributed by atoms with Crippen LogP contribution in [-0.4, -0.2) is 30.6 Å². The van der Waals surface area contributed by atoms with Gasteiger partial charge in [-0.3, -0.25) is 9.59 Å². The van der Waals surface area contributed by atoms with Crippen molar-refractivity contribution in [3.63, 3.8) is 0 Å². The molecule has 3 aromatic rings. The first-order valence-electron chi connectivity index (χ1n) is 11.7.